The van der Waals surface area contributed by atoms with Crippen molar-refractivity contribution in [2.45, 2.75) is 12.7 Å². The van der Waals surface area contributed by atoms with E-state index in [1.807, 2.05) is 43.3 Å². The van der Waals surface area contributed by atoms with E-state index in [2.05, 4.69) is 10.6 Å². The maximum Gasteiger partial charge on any atom is 0.416 e. The number of hydrogen-bond acceptors (Lipinski definition) is 2. The first kappa shape index (κ1) is 19.0. The van der Waals surface area contributed by atoms with E-state index in [9.17, 15) is 17.6 Å². The Labute approximate surface area is 148 Å². The van der Waals surface area contributed by atoms with Crippen molar-refractivity contribution in [2.24, 2.45) is 0 Å². The lowest BCUT2D eigenvalue weighted by Gasteiger charge is -2.15. The Bertz CT molecular complexity index is 743. The molecule has 0 aromatic heterocycles. The van der Waals surface area contributed by atoms with Crippen LogP contribution in [0.4, 0.5) is 28.9 Å². The fourth-order valence-electron chi connectivity index (χ4n) is 2.06. The molecule has 0 saturated heterocycles. The van der Waals surface area contributed by atoms with E-state index in [1.165, 1.54) is 0 Å². The van der Waals surface area contributed by atoms with E-state index in [4.69, 9.17) is 12.2 Å². The number of nitrogens with zero attached hydrogens (tertiary/aromatic N) is 1. The van der Waals surface area contributed by atoms with Crippen LogP contribution in [0.15, 0.2) is 42.5 Å². The smallest absolute Gasteiger partial charge is 0.378 e. The van der Waals surface area contributed by atoms with E-state index < -0.39 is 17.6 Å². The Morgan fingerprint density at radius 2 is 1.72 bits per heavy atom. The molecule has 0 spiro atoms. The molecule has 2 aromatic rings. The van der Waals surface area contributed by atoms with E-state index in [-0.39, 0.29) is 17.2 Å². The predicted octanol–water partition coefficient (Wildman–Crippen LogP) is 4.40. The maximum absolute atomic E-state index is 13.8. The molecular formula is C17H17F4N3S. The summed E-state index contributed by atoms with van der Waals surface area (Å²) in [5, 5.41) is 5.95. The first-order valence-electron chi connectivity index (χ1n) is 7.34. The third-order valence-electron chi connectivity index (χ3n) is 3.46. The van der Waals surface area contributed by atoms with Gasteiger partial charge in [-0.3, -0.25) is 0 Å². The number of nitrogens with one attached hydrogen (secondary N) is 2. The Kier molecular flexibility index (Phi) is 5.84. The molecular weight excluding hydrogens is 354 g/mol. The zero-order valence-corrected chi connectivity index (χ0v) is 14.4. The van der Waals surface area contributed by atoms with E-state index >= 15 is 0 Å². The zero-order chi connectivity index (χ0) is 18.6. The monoisotopic (exact) mass is 371 g/mol. The quantitative estimate of drug-likeness (QED) is 0.616. The molecule has 0 amide bonds. The van der Waals surface area contributed by atoms with Crippen LogP contribution in [0.1, 0.15) is 11.1 Å². The van der Waals surface area contributed by atoms with E-state index in [0.29, 0.717) is 6.07 Å². The van der Waals surface area contributed by atoms with Crippen LogP contribution in [-0.4, -0.2) is 19.2 Å². The Hall–Kier alpha value is -2.35. The molecule has 3 nitrogen and oxygen atoms in total. The van der Waals surface area contributed by atoms with Crippen molar-refractivity contribution in [3.05, 3.63) is 59.4 Å². The van der Waals surface area contributed by atoms with Gasteiger partial charge in [-0.25, -0.2) is 4.39 Å². The van der Waals surface area contributed by atoms with Gasteiger partial charge in [0.25, 0.3) is 0 Å². The molecule has 0 unspecified atom stereocenters. The van der Waals surface area contributed by atoms with Gasteiger partial charge in [0.1, 0.15) is 5.82 Å². The molecule has 0 aliphatic rings. The number of thiocarbonyl (C=S) groups is 1. The van der Waals surface area contributed by atoms with Crippen molar-refractivity contribution in [3.8, 4) is 0 Å². The van der Waals surface area contributed by atoms with Gasteiger partial charge in [0.05, 0.1) is 5.56 Å². The van der Waals surface area contributed by atoms with Crippen molar-refractivity contribution < 1.29 is 17.6 Å². The SMILES string of the molecule is CN(C)c1ccc(NC(=S)NCc2ccc(C(F)(F)F)cc2F)cc1. The largest absolute Gasteiger partial charge is 0.416 e. The highest BCUT2D eigenvalue weighted by Crippen LogP contribution is 2.30. The first-order chi connectivity index (χ1) is 11.7. The number of benzene rings is 2. The highest BCUT2D eigenvalue weighted by molar-refractivity contribution is 7.80. The van der Waals surface area contributed by atoms with Crippen LogP contribution in [-0.2, 0) is 12.7 Å². The summed E-state index contributed by atoms with van der Waals surface area (Å²) in [5.41, 5.74) is 0.850. The molecule has 2 aromatic carbocycles. The van der Waals surface area contributed by atoms with Gasteiger partial charge in [-0.2, -0.15) is 13.2 Å². The van der Waals surface area contributed by atoms with Gasteiger partial charge in [0.2, 0.25) is 0 Å². The van der Waals surface area contributed by atoms with Crippen molar-refractivity contribution in [3.63, 3.8) is 0 Å². The molecule has 134 valence electrons. The molecule has 0 fully saturated rings. The van der Waals surface area contributed by atoms with Crippen molar-refractivity contribution in [1.82, 2.24) is 5.32 Å². The molecule has 8 heteroatoms. The lowest BCUT2D eigenvalue weighted by molar-refractivity contribution is -0.137. The lowest BCUT2D eigenvalue weighted by atomic mass is 10.1. The first-order valence-corrected chi connectivity index (χ1v) is 7.75. The van der Waals surface area contributed by atoms with Gasteiger partial charge in [-0.05, 0) is 48.6 Å². The average Bonchev–Trinajstić information content (AvgIpc) is 2.53. The molecule has 2 N–H and O–H groups in total. The topological polar surface area (TPSA) is 27.3 Å². The zero-order valence-electron chi connectivity index (χ0n) is 13.6. The van der Waals surface area contributed by atoms with E-state index in [1.54, 1.807) is 0 Å². The number of hydrogen-bond donors (Lipinski definition) is 2. The van der Waals surface area contributed by atoms with Gasteiger partial charge in [-0.15, -0.1) is 0 Å². The van der Waals surface area contributed by atoms with Gasteiger partial charge >= 0.3 is 6.18 Å². The lowest BCUT2D eigenvalue weighted by Crippen LogP contribution is -2.28. The second-order valence-electron chi connectivity index (χ2n) is 5.55. The van der Waals surface area contributed by atoms with Crippen LogP contribution in [0.3, 0.4) is 0 Å². The van der Waals surface area contributed by atoms with Crippen LogP contribution in [0.5, 0.6) is 0 Å². The average molecular weight is 371 g/mol. The van der Waals surface area contributed by atoms with E-state index in [0.717, 1.165) is 23.5 Å². The summed E-state index contributed by atoms with van der Waals surface area (Å²) < 4.78 is 51.3. The third-order valence-corrected chi connectivity index (χ3v) is 3.71. The highest BCUT2D eigenvalue weighted by atomic mass is 32.1. The van der Waals surface area contributed by atoms with Crippen LogP contribution in [0, 0.1) is 5.82 Å². The molecule has 0 heterocycles. The second-order valence-corrected chi connectivity index (χ2v) is 5.96. The van der Waals surface area contributed by atoms with Gasteiger partial charge in [0, 0.05) is 37.6 Å². The summed E-state index contributed by atoms with van der Waals surface area (Å²) in [6, 6.07) is 9.90. The standard InChI is InChI=1S/C17H17F4N3S/c1-24(2)14-7-5-13(6-8-14)23-16(25)22-10-11-3-4-12(9-15(11)18)17(19,20)21/h3-9H,10H2,1-2H3,(H2,22,23,25). The highest BCUT2D eigenvalue weighted by Gasteiger charge is 2.31. The summed E-state index contributed by atoms with van der Waals surface area (Å²) >= 11 is 5.11. The van der Waals surface area contributed by atoms with Crippen molar-refractivity contribution >= 4 is 28.7 Å². The Balaban J connectivity index is 1.93. The molecule has 0 atom stereocenters. The fraction of sp³-hybridized carbons (Fsp3) is 0.235. The molecule has 0 aliphatic carbocycles. The van der Waals surface area contributed by atoms with Gasteiger partial charge in [0.15, 0.2) is 5.11 Å². The number of rotatable bonds is 4. The van der Waals surface area contributed by atoms with Crippen LogP contribution >= 0.6 is 12.2 Å². The molecule has 0 saturated carbocycles. The second kappa shape index (κ2) is 7.69. The van der Waals surface area contributed by atoms with Crippen LogP contribution in [0.2, 0.25) is 0 Å². The minimum atomic E-state index is -4.57. The van der Waals surface area contributed by atoms with Crippen LogP contribution in [0.25, 0.3) is 0 Å². The summed E-state index contributed by atoms with van der Waals surface area (Å²) in [4.78, 5) is 1.95. The number of halogens is 4. The number of alkyl halides is 3. The van der Waals surface area contributed by atoms with Crippen molar-refractivity contribution in [1.29, 1.82) is 0 Å². The fourth-order valence-corrected chi connectivity index (χ4v) is 2.25. The maximum atomic E-state index is 13.8. The van der Waals surface area contributed by atoms with Gasteiger partial charge < -0.3 is 15.5 Å². The summed E-state index contributed by atoms with van der Waals surface area (Å²) in [6.07, 6.45) is -4.57. The van der Waals surface area contributed by atoms with Gasteiger partial charge in [-0.1, -0.05) is 6.07 Å². The molecule has 0 aliphatic heterocycles. The van der Waals surface area contributed by atoms with Crippen molar-refractivity contribution in [2.75, 3.05) is 24.3 Å². The number of anilines is 2. The minimum Gasteiger partial charge on any atom is -0.378 e. The Morgan fingerprint density at radius 3 is 2.24 bits per heavy atom. The Morgan fingerprint density at radius 1 is 1.08 bits per heavy atom. The summed E-state index contributed by atoms with van der Waals surface area (Å²) in [6.45, 7) is -0.0222. The molecule has 0 bridgehead atoms. The summed E-state index contributed by atoms with van der Waals surface area (Å²) in [5.74, 6) is -0.930. The molecule has 0 radical (unpaired) electrons. The molecule has 2 rings (SSSR count). The summed E-state index contributed by atoms with van der Waals surface area (Å²) in [7, 11) is 3.85. The predicted molar refractivity (Wildman–Crippen MR) is 95.2 cm³/mol. The van der Waals surface area contributed by atoms with Crippen LogP contribution < -0.4 is 15.5 Å². The minimum absolute atomic E-state index is 0.0222. The normalized spacial score (nSPS) is 11.1. The molecule has 25 heavy (non-hydrogen) atoms. The third kappa shape index (κ3) is 5.32.